The molecular weight excluding hydrogens is 452 g/mol. The number of amides is 3. The largest absolute Gasteiger partial charge is 0.323 e. The average molecular weight is 477 g/mol. The van der Waals surface area contributed by atoms with Gasteiger partial charge in [-0.25, -0.2) is 4.98 Å². The van der Waals surface area contributed by atoms with Crippen LogP contribution in [0.2, 0.25) is 5.02 Å². The summed E-state index contributed by atoms with van der Waals surface area (Å²) in [6.07, 6.45) is 2.12. The lowest BCUT2D eigenvalue weighted by molar-refractivity contribution is -0.121. The van der Waals surface area contributed by atoms with Gasteiger partial charge >= 0.3 is 0 Å². The zero-order chi connectivity index (χ0) is 24.2. The Morgan fingerprint density at radius 2 is 1.88 bits per heavy atom. The van der Waals surface area contributed by atoms with Crippen LogP contribution in [0.4, 0.5) is 11.5 Å². The molecule has 2 heterocycles. The van der Waals surface area contributed by atoms with Gasteiger partial charge in [0.25, 0.3) is 11.8 Å². The van der Waals surface area contributed by atoms with E-state index in [4.69, 9.17) is 11.6 Å². The van der Waals surface area contributed by atoms with Gasteiger partial charge in [0.1, 0.15) is 11.9 Å². The fourth-order valence-corrected chi connectivity index (χ4v) is 4.08. The summed E-state index contributed by atoms with van der Waals surface area (Å²) >= 11 is 6.09. The first-order chi connectivity index (χ1) is 16.3. The SMILES string of the molecule is CC(C)CC1C(=O)Nc2cc(Cl)ccc2C(=O)N1Cc1ccc(C(=O)Nc2ccccn2)cc1. The van der Waals surface area contributed by atoms with Crippen LogP contribution in [0.1, 0.15) is 46.5 Å². The number of halogens is 1. The molecule has 0 aliphatic carbocycles. The van der Waals surface area contributed by atoms with Crippen molar-refractivity contribution in [2.24, 2.45) is 5.92 Å². The summed E-state index contributed by atoms with van der Waals surface area (Å²) in [6.45, 7) is 4.26. The summed E-state index contributed by atoms with van der Waals surface area (Å²) in [4.78, 5) is 44.8. The van der Waals surface area contributed by atoms with Crippen LogP contribution in [0.25, 0.3) is 0 Å². The van der Waals surface area contributed by atoms with Crippen LogP contribution in [-0.4, -0.2) is 33.6 Å². The minimum atomic E-state index is -0.634. The van der Waals surface area contributed by atoms with Crippen molar-refractivity contribution in [3.05, 3.63) is 88.6 Å². The first kappa shape index (κ1) is 23.4. The van der Waals surface area contributed by atoms with Crippen LogP contribution >= 0.6 is 11.6 Å². The predicted molar refractivity (Wildman–Crippen MR) is 132 cm³/mol. The van der Waals surface area contributed by atoms with E-state index in [9.17, 15) is 14.4 Å². The number of carbonyl (C=O) groups excluding carboxylic acids is 3. The molecule has 0 saturated carbocycles. The Hall–Kier alpha value is -3.71. The molecule has 3 aromatic rings. The summed E-state index contributed by atoms with van der Waals surface area (Å²) in [5.41, 5.74) is 2.09. The van der Waals surface area contributed by atoms with E-state index in [-0.39, 0.29) is 30.2 Å². The van der Waals surface area contributed by atoms with E-state index in [1.807, 2.05) is 13.8 Å². The lowest BCUT2D eigenvalue weighted by atomic mass is 10.0. The molecule has 8 heteroatoms. The molecule has 0 bridgehead atoms. The molecule has 0 spiro atoms. The third-order valence-corrected chi connectivity index (χ3v) is 5.81. The summed E-state index contributed by atoms with van der Waals surface area (Å²) in [7, 11) is 0. The highest BCUT2D eigenvalue weighted by Gasteiger charge is 2.35. The first-order valence-corrected chi connectivity index (χ1v) is 11.4. The fourth-order valence-electron chi connectivity index (χ4n) is 3.91. The number of nitrogens with one attached hydrogen (secondary N) is 2. The highest BCUT2D eigenvalue weighted by Crippen LogP contribution is 2.29. The van der Waals surface area contributed by atoms with Gasteiger partial charge in [0.2, 0.25) is 5.91 Å². The third-order valence-electron chi connectivity index (χ3n) is 5.58. The molecule has 1 atom stereocenters. The lowest BCUT2D eigenvalue weighted by Crippen LogP contribution is -2.45. The Morgan fingerprint density at radius 1 is 1.12 bits per heavy atom. The molecule has 3 amide bonds. The number of pyridine rings is 1. The average Bonchev–Trinajstić information content (AvgIpc) is 2.90. The molecule has 7 nitrogen and oxygen atoms in total. The number of fused-ring (bicyclic) bond motifs is 1. The zero-order valence-electron chi connectivity index (χ0n) is 18.9. The number of aromatic nitrogens is 1. The van der Waals surface area contributed by atoms with Gasteiger partial charge in [-0.15, -0.1) is 0 Å². The highest BCUT2D eigenvalue weighted by atomic mass is 35.5. The second kappa shape index (κ2) is 10.1. The Bertz CT molecular complexity index is 1210. The molecule has 4 rings (SSSR count). The number of rotatable bonds is 6. The van der Waals surface area contributed by atoms with E-state index in [0.717, 1.165) is 5.56 Å². The van der Waals surface area contributed by atoms with E-state index < -0.39 is 6.04 Å². The molecule has 1 aliphatic rings. The molecule has 34 heavy (non-hydrogen) atoms. The zero-order valence-corrected chi connectivity index (χ0v) is 19.7. The topological polar surface area (TPSA) is 91.4 Å². The van der Waals surface area contributed by atoms with Gasteiger partial charge < -0.3 is 15.5 Å². The Balaban J connectivity index is 1.58. The fraction of sp³-hybridized carbons (Fsp3) is 0.231. The molecular formula is C26H25ClN4O3. The first-order valence-electron chi connectivity index (χ1n) is 11.0. The smallest absolute Gasteiger partial charge is 0.256 e. The Labute approximate surface area is 203 Å². The molecule has 1 aliphatic heterocycles. The number of hydrogen-bond donors (Lipinski definition) is 2. The van der Waals surface area contributed by atoms with E-state index in [1.165, 1.54) is 0 Å². The molecule has 0 saturated heterocycles. The normalized spacial score (nSPS) is 15.5. The van der Waals surface area contributed by atoms with Crippen molar-refractivity contribution < 1.29 is 14.4 Å². The standard InChI is InChI=1S/C26H25ClN4O3/c1-16(2)13-22-25(33)29-21-14-19(27)10-11-20(21)26(34)31(22)15-17-6-8-18(9-7-17)24(32)30-23-5-3-4-12-28-23/h3-12,14,16,22H,13,15H2,1-2H3,(H,29,33)(H,28,30,32). The van der Waals surface area contributed by atoms with Crippen molar-refractivity contribution in [2.45, 2.75) is 32.9 Å². The van der Waals surface area contributed by atoms with Crippen LogP contribution < -0.4 is 10.6 Å². The van der Waals surface area contributed by atoms with Gasteiger partial charge in [-0.3, -0.25) is 14.4 Å². The minimum Gasteiger partial charge on any atom is -0.323 e. The predicted octanol–water partition coefficient (Wildman–Crippen LogP) is 5.00. The maximum Gasteiger partial charge on any atom is 0.256 e. The Kier molecular flexibility index (Phi) is 6.93. The second-order valence-corrected chi connectivity index (χ2v) is 9.06. The van der Waals surface area contributed by atoms with Crippen LogP contribution in [-0.2, 0) is 11.3 Å². The lowest BCUT2D eigenvalue weighted by Gasteiger charge is -2.30. The van der Waals surface area contributed by atoms with E-state index in [1.54, 1.807) is 71.8 Å². The van der Waals surface area contributed by atoms with Crippen molar-refractivity contribution in [1.82, 2.24) is 9.88 Å². The van der Waals surface area contributed by atoms with Crippen molar-refractivity contribution in [3.8, 4) is 0 Å². The van der Waals surface area contributed by atoms with E-state index in [2.05, 4.69) is 15.6 Å². The van der Waals surface area contributed by atoms with Crippen LogP contribution in [0, 0.1) is 5.92 Å². The molecule has 2 aromatic carbocycles. The number of benzene rings is 2. The third kappa shape index (κ3) is 5.26. The number of hydrogen-bond acceptors (Lipinski definition) is 4. The van der Waals surface area contributed by atoms with Crippen molar-refractivity contribution >= 4 is 40.8 Å². The molecule has 1 aromatic heterocycles. The second-order valence-electron chi connectivity index (χ2n) is 8.62. The number of carbonyl (C=O) groups is 3. The van der Waals surface area contributed by atoms with Crippen molar-refractivity contribution in [3.63, 3.8) is 0 Å². The van der Waals surface area contributed by atoms with Crippen LogP contribution in [0.5, 0.6) is 0 Å². The molecule has 0 radical (unpaired) electrons. The van der Waals surface area contributed by atoms with Gasteiger partial charge in [-0.1, -0.05) is 43.6 Å². The highest BCUT2D eigenvalue weighted by molar-refractivity contribution is 6.31. The number of anilines is 2. The van der Waals surface area contributed by atoms with Crippen molar-refractivity contribution in [2.75, 3.05) is 10.6 Å². The minimum absolute atomic E-state index is 0.202. The summed E-state index contributed by atoms with van der Waals surface area (Å²) in [5.74, 6) is -0.0948. The summed E-state index contributed by atoms with van der Waals surface area (Å²) in [6, 6.07) is 16.5. The van der Waals surface area contributed by atoms with Gasteiger partial charge in [-0.2, -0.15) is 0 Å². The van der Waals surface area contributed by atoms with E-state index >= 15 is 0 Å². The molecule has 0 fully saturated rings. The maximum absolute atomic E-state index is 13.5. The van der Waals surface area contributed by atoms with Crippen LogP contribution in [0.15, 0.2) is 66.9 Å². The molecule has 1 unspecified atom stereocenters. The van der Waals surface area contributed by atoms with Gasteiger partial charge in [0.05, 0.1) is 11.3 Å². The van der Waals surface area contributed by atoms with Gasteiger partial charge in [0, 0.05) is 23.3 Å². The van der Waals surface area contributed by atoms with Crippen LogP contribution in [0.3, 0.4) is 0 Å². The van der Waals surface area contributed by atoms with Gasteiger partial charge in [-0.05, 0) is 60.4 Å². The monoisotopic (exact) mass is 476 g/mol. The van der Waals surface area contributed by atoms with Gasteiger partial charge in [0.15, 0.2) is 0 Å². The quantitative estimate of drug-likeness (QED) is 0.524. The number of nitrogens with zero attached hydrogens (tertiary/aromatic N) is 2. The maximum atomic E-state index is 13.5. The summed E-state index contributed by atoms with van der Waals surface area (Å²) < 4.78 is 0. The molecule has 2 N–H and O–H groups in total. The molecule has 174 valence electrons. The van der Waals surface area contributed by atoms with Crippen molar-refractivity contribution in [1.29, 1.82) is 0 Å². The Morgan fingerprint density at radius 3 is 2.56 bits per heavy atom. The summed E-state index contributed by atoms with van der Waals surface area (Å²) in [5, 5.41) is 6.06. The van der Waals surface area contributed by atoms with E-state index in [0.29, 0.717) is 34.1 Å².